The van der Waals surface area contributed by atoms with Crippen molar-refractivity contribution in [3.63, 3.8) is 0 Å². The smallest absolute Gasteiger partial charge is 0.255 e. The maximum Gasteiger partial charge on any atom is 0.255 e. The second-order valence-corrected chi connectivity index (χ2v) is 8.19. The highest BCUT2D eigenvalue weighted by atomic mass is 16.5. The molecule has 0 radical (unpaired) electrons. The van der Waals surface area contributed by atoms with Crippen LogP contribution in [-0.2, 0) is 19.1 Å². The molecule has 2 amide bonds. The highest BCUT2D eigenvalue weighted by molar-refractivity contribution is 6.08. The molecule has 1 aromatic carbocycles. The van der Waals surface area contributed by atoms with Crippen LogP contribution < -0.4 is 20.9 Å². The molecule has 31 heavy (non-hydrogen) atoms. The molecular formula is C23H34N4O4. The number of amides is 2. The molecular weight excluding hydrogens is 396 g/mol. The minimum absolute atomic E-state index is 0.232. The standard InChI is InChI=1S/C23H34N4O4/c1-7-16(12-21(30-6)23(2,3)4)22(29)26-19-13-17(24-5)18(25-15-28)14-20(19)27-8-10-31-11-9-27/h7,12-15,24H,8-11H2,1-6H3,(H,25,28)(H,26,29)/b16-7-,21-12-. The van der Waals surface area contributed by atoms with Crippen LogP contribution in [0.4, 0.5) is 22.7 Å². The van der Waals surface area contributed by atoms with E-state index in [1.165, 1.54) is 0 Å². The van der Waals surface area contributed by atoms with Crippen LogP contribution in [0.15, 0.2) is 35.6 Å². The van der Waals surface area contributed by atoms with Gasteiger partial charge in [-0.3, -0.25) is 9.59 Å². The van der Waals surface area contributed by atoms with Crippen LogP contribution in [0.2, 0.25) is 0 Å². The van der Waals surface area contributed by atoms with E-state index in [4.69, 9.17) is 9.47 Å². The van der Waals surface area contributed by atoms with Crippen LogP contribution in [0, 0.1) is 5.41 Å². The van der Waals surface area contributed by atoms with E-state index < -0.39 is 0 Å². The van der Waals surface area contributed by atoms with E-state index in [0.717, 1.165) is 5.69 Å². The minimum atomic E-state index is -0.242. The Bertz CT molecular complexity index is 850. The second-order valence-electron chi connectivity index (χ2n) is 8.19. The highest BCUT2D eigenvalue weighted by Crippen LogP contribution is 2.36. The van der Waals surface area contributed by atoms with Crippen LogP contribution in [-0.4, -0.2) is 52.8 Å². The van der Waals surface area contributed by atoms with Crippen molar-refractivity contribution in [3.8, 4) is 0 Å². The van der Waals surface area contributed by atoms with E-state index in [1.807, 2.05) is 39.8 Å². The predicted molar refractivity (Wildman–Crippen MR) is 126 cm³/mol. The molecule has 0 unspecified atom stereocenters. The summed E-state index contributed by atoms with van der Waals surface area (Å²) >= 11 is 0. The summed E-state index contributed by atoms with van der Waals surface area (Å²) in [5.74, 6) is 0.472. The molecule has 1 saturated heterocycles. The number of benzene rings is 1. The highest BCUT2D eigenvalue weighted by Gasteiger charge is 2.22. The summed E-state index contributed by atoms with van der Waals surface area (Å²) < 4.78 is 11.0. The molecule has 1 heterocycles. The summed E-state index contributed by atoms with van der Waals surface area (Å²) in [4.78, 5) is 26.4. The van der Waals surface area contributed by atoms with Crippen molar-refractivity contribution in [3.05, 3.63) is 35.6 Å². The summed E-state index contributed by atoms with van der Waals surface area (Å²) in [5, 5.41) is 8.82. The van der Waals surface area contributed by atoms with Gasteiger partial charge >= 0.3 is 0 Å². The number of carbonyl (C=O) groups is 2. The number of carbonyl (C=O) groups excluding carboxylic acids is 2. The molecule has 0 aromatic heterocycles. The van der Waals surface area contributed by atoms with Gasteiger partial charge in [0.05, 0.1) is 43.1 Å². The fourth-order valence-electron chi connectivity index (χ4n) is 3.34. The van der Waals surface area contributed by atoms with E-state index in [9.17, 15) is 9.59 Å². The SMILES string of the molecule is C/C=C(/C=C(\OC)C(C)(C)C)C(=O)Nc1cc(NC)c(NC=O)cc1N1CCOCC1. The molecule has 1 fully saturated rings. The molecule has 0 spiro atoms. The second kappa shape index (κ2) is 10.9. The Morgan fingerprint density at radius 3 is 2.35 bits per heavy atom. The predicted octanol–water partition coefficient (Wildman–Crippen LogP) is 3.59. The zero-order chi connectivity index (χ0) is 23.0. The third-order valence-corrected chi connectivity index (χ3v) is 5.04. The van der Waals surface area contributed by atoms with Crippen molar-refractivity contribution in [2.24, 2.45) is 5.41 Å². The number of allylic oxidation sites excluding steroid dienone is 2. The van der Waals surface area contributed by atoms with Gasteiger partial charge in [-0.1, -0.05) is 26.8 Å². The molecule has 1 aliphatic rings. The quantitative estimate of drug-likeness (QED) is 0.253. The number of morpholine rings is 1. The number of ether oxygens (including phenoxy) is 2. The molecule has 1 aromatic rings. The Morgan fingerprint density at radius 1 is 1.16 bits per heavy atom. The molecule has 2 rings (SSSR count). The van der Waals surface area contributed by atoms with E-state index in [1.54, 1.807) is 26.3 Å². The lowest BCUT2D eigenvalue weighted by Gasteiger charge is -2.31. The Hall–Kier alpha value is -3.00. The third kappa shape index (κ3) is 6.24. The number of rotatable bonds is 8. The first-order valence-electron chi connectivity index (χ1n) is 10.4. The summed E-state index contributed by atoms with van der Waals surface area (Å²) in [7, 11) is 3.37. The van der Waals surface area contributed by atoms with Gasteiger partial charge in [-0.2, -0.15) is 0 Å². The number of anilines is 4. The van der Waals surface area contributed by atoms with E-state index in [-0.39, 0.29) is 11.3 Å². The van der Waals surface area contributed by atoms with Gasteiger partial charge in [-0.05, 0) is 25.1 Å². The molecule has 0 atom stereocenters. The van der Waals surface area contributed by atoms with Gasteiger partial charge in [-0.25, -0.2) is 0 Å². The Labute approximate surface area is 184 Å². The van der Waals surface area contributed by atoms with Gasteiger partial charge in [-0.15, -0.1) is 0 Å². The van der Waals surface area contributed by atoms with Crippen LogP contribution in [0.25, 0.3) is 0 Å². The van der Waals surface area contributed by atoms with Gasteiger partial charge in [0.15, 0.2) is 0 Å². The Kier molecular flexibility index (Phi) is 8.50. The van der Waals surface area contributed by atoms with Crippen molar-refractivity contribution < 1.29 is 19.1 Å². The van der Waals surface area contributed by atoms with Crippen molar-refractivity contribution in [2.75, 3.05) is 61.3 Å². The first-order valence-corrected chi connectivity index (χ1v) is 10.4. The average molecular weight is 431 g/mol. The average Bonchev–Trinajstić information content (AvgIpc) is 2.75. The zero-order valence-corrected chi connectivity index (χ0v) is 19.3. The third-order valence-electron chi connectivity index (χ3n) is 5.04. The maximum absolute atomic E-state index is 13.2. The van der Waals surface area contributed by atoms with Gasteiger partial charge < -0.3 is 30.3 Å². The number of nitrogens with one attached hydrogen (secondary N) is 3. The first kappa shape index (κ1) is 24.3. The molecule has 170 valence electrons. The van der Waals surface area contributed by atoms with Crippen LogP contribution in [0.3, 0.4) is 0 Å². The lowest BCUT2D eigenvalue weighted by atomic mass is 9.92. The summed E-state index contributed by atoms with van der Waals surface area (Å²) in [6, 6.07) is 3.69. The van der Waals surface area contributed by atoms with Crippen LogP contribution >= 0.6 is 0 Å². The largest absolute Gasteiger partial charge is 0.501 e. The molecule has 0 aliphatic carbocycles. The van der Waals surface area contributed by atoms with Gasteiger partial charge in [0, 0.05) is 31.1 Å². The van der Waals surface area contributed by atoms with Crippen molar-refractivity contribution in [2.45, 2.75) is 27.7 Å². The van der Waals surface area contributed by atoms with Gasteiger partial charge in [0.2, 0.25) is 6.41 Å². The summed E-state index contributed by atoms with van der Waals surface area (Å²) in [5.41, 5.74) is 3.07. The lowest BCUT2D eigenvalue weighted by molar-refractivity contribution is -0.112. The van der Waals surface area contributed by atoms with Crippen molar-refractivity contribution in [1.82, 2.24) is 0 Å². The van der Waals surface area contributed by atoms with Gasteiger partial charge in [0.1, 0.15) is 5.76 Å². The number of hydrogen-bond acceptors (Lipinski definition) is 6. The molecule has 0 bridgehead atoms. The Morgan fingerprint density at radius 2 is 1.84 bits per heavy atom. The summed E-state index contributed by atoms with van der Waals surface area (Å²) in [6.45, 7) is 10.5. The van der Waals surface area contributed by atoms with Crippen LogP contribution in [0.1, 0.15) is 27.7 Å². The number of hydrogen-bond donors (Lipinski definition) is 3. The van der Waals surface area contributed by atoms with E-state index in [2.05, 4.69) is 20.9 Å². The fraction of sp³-hybridized carbons (Fsp3) is 0.478. The van der Waals surface area contributed by atoms with Gasteiger partial charge in [0.25, 0.3) is 5.91 Å². The molecule has 8 nitrogen and oxygen atoms in total. The fourth-order valence-corrected chi connectivity index (χ4v) is 3.34. The van der Waals surface area contributed by atoms with E-state index in [0.29, 0.717) is 61.1 Å². The molecule has 8 heteroatoms. The number of nitrogens with zero attached hydrogens (tertiary/aromatic N) is 1. The molecule has 3 N–H and O–H groups in total. The van der Waals surface area contributed by atoms with E-state index >= 15 is 0 Å². The lowest BCUT2D eigenvalue weighted by Crippen LogP contribution is -2.37. The molecule has 0 saturated carbocycles. The van der Waals surface area contributed by atoms with Crippen LogP contribution in [0.5, 0.6) is 0 Å². The van der Waals surface area contributed by atoms with Crippen molar-refractivity contribution >= 4 is 35.1 Å². The topological polar surface area (TPSA) is 91.9 Å². The monoisotopic (exact) mass is 430 g/mol. The summed E-state index contributed by atoms with van der Waals surface area (Å²) in [6.07, 6.45) is 4.17. The number of methoxy groups -OCH3 is 1. The van der Waals surface area contributed by atoms with Crippen molar-refractivity contribution in [1.29, 1.82) is 0 Å². The normalized spacial score (nSPS) is 15.4. The zero-order valence-electron chi connectivity index (χ0n) is 19.3. The first-order chi connectivity index (χ1) is 14.7. The molecule has 1 aliphatic heterocycles. The Balaban J connectivity index is 2.44. The maximum atomic E-state index is 13.2. The minimum Gasteiger partial charge on any atom is -0.501 e.